The highest BCUT2D eigenvalue weighted by molar-refractivity contribution is 8.18. The van der Waals surface area contributed by atoms with Gasteiger partial charge in [0.25, 0.3) is 5.91 Å². The monoisotopic (exact) mass is 368 g/mol. The molecule has 3 heterocycles. The topological polar surface area (TPSA) is 48.8 Å². The largest absolute Gasteiger partial charge is 0.366 e. The van der Waals surface area contributed by atoms with Gasteiger partial charge in [0.05, 0.1) is 16.3 Å². The van der Waals surface area contributed by atoms with Crippen molar-refractivity contribution in [3.8, 4) is 0 Å². The van der Waals surface area contributed by atoms with Gasteiger partial charge in [-0.25, -0.2) is 4.39 Å². The van der Waals surface area contributed by atoms with Gasteiger partial charge in [-0.1, -0.05) is 18.2 Å². The number of amides is 1. The Kier molecular flexibility index (Phi) is 4.71. The van der Waals surface area contributed by atoms with E-state index in [-0.39, 0.29) is 11.7 Å². The fraction of sp³-hybridized carbons (Fsp3) is 0.211. The van der Waals surface area contributed by atoms with Crippen molar-refractivity contribution in [2.75, 3.05) is 31.1 Å². The molecule has 26 heavy (non-hydrogen) atoms. The number of anilines is 1. The van der Waals surface area contributed by atoms with E-state index in [9.17, 15) is 9.18 Å². The molecule has 0 radical (unpaired) electrons. The van der Waals surface area contributed by atoms with Crippen LogP contribution >= 0.6 is 11.8 Å². The van der Waals surface area contributed by atoms with Gasteiger partial charge in [0.2, 0.25) is 0 Å². The molecule has 0 saturated carbocycles. The first-order chi connectivity index (χ1) is 12.7. The third-order valence-corrected chi connectivity index (χ3v) is 5.36. The molecule has 2 aliphatic heterocycles. The second-order valence-corrected chi connectivity index (χ2v) is 7.00. The fourth-order valence-corrected chi connectivity index (χ4v) is 3.93. The highest BCUT2D eigenvalue weighted by atomic mass is 32.2. The molecule has 1 amide bonds. The minimum atomic E-state index is -0.229. The van der Waals surface area contributed by atoms with Crippen molar-refractivity contribution in [2.45, 2.75) is 0 Å². The Morgan fingerprint density at radius 3 is 2.46 bits per heavy atom. The summed E-state index contributed by atoms with van der Waals surface area (Å²) in [5.41, 5.74) is 1.36. The molecule has 2 aliphatic rings. The van der Waals surface area contributed by atoms with E-state index in [1.54, 1.807) is 24.4 Å². The van der Waals surface area contributed by atoms with Gasteiger partial charge >= 0.3 is 0 Å². The number of pyridine rings is 1. The lowest BCUT2D eigenvalue weighted by atomic mass is 10.2. The molecule has 0 aliphatic carbocycles. The number of aliphatic imine (C=N–C) groups is 1. The SMILES string of the molecule is O=C1N=C(N2CCN(c3ccccc3F)CC2)S/C1=C/c1ccccn1. The van der Waals surface area contributed by atoms with Gasteiger partial charge in [-0.2, -0.15) is 4.99 Å². The third kappa shape index (κ3) is 3.48. The summed E-state index contributed by atoms with van der Waals surface area (Å²) in [4.78, 5) is 25.3. The van der Waals surface area contributed by atoms with Gasteiger partial charge in [-0.05, 0) is 42.1 Å². The molecule has 1 fully saturated rings. The Balaban J connectivity index is 1.41. The summed E-state index contributed by atoms with van der Waals surface area (Å²) >= 11 is 1.38. The highest BCUT2D eigenvalue weighted by Crippen LogP contribution is 2.31. The summed E-state index contributed by atoms with van der Waals surface area (Å²) in [6.07, 6.45) is 3.46. The third-order valence-electron chi connectivity index (χ3n) is 4.32. The Morgan fingerprint density at radius 2 is 1.73 bits per heavy atom. The van der Waals surface area contributed by atoms with E-state index in [2.05, 4.69) is 14.9 Å². The van der Waals surface area contributed by atoms with Crippen LogP contribution in [0.4, 0.5) is 10.1 Å². The number of aromatic nitrogens is 1. The van der Waals surface area contributed by atoms with Crippen molar-refractivity contribution in [3.63, 3.8) is 0 Å². The number of carbonyl (C=O) groups is 1. The van der Waals surface area contributed by atoms with E-state index >= 15 is 0 Å². The number of nitrogens with zero attached hydrogens (tertiary/aromatic N) is 4. The molecule has 0 N–H and O–H groups in total. The predicted molar refractivity (Wildman–Crippen MR) is 102 cm³/mol. The number of carbonyl (C=O) groups excluding carboxylic acids is 1. The summed E-state index contributed by atoms with van der Waals surface area (Å²) in [5.74, 6) is -0.434. The van der Waals surface area contributed by atoms with Crippen LogP contribution in [0.5, 0.6) is 0 Å². The molecule has 0 atom stereocenters. The summed E-state index contributed by atoms with van der Waals surface area (Å²) < 4.78 is 13.9. The molecular weight excluding hydrogens is 351 g/mol. The van der Waals surface area contributed by atoms with Crippen LogP contribution in [0.2, 0.25) is 0 Å². The fourth-order valence-electron chi connectivity index (χ4n) is 2.98. The van der Waals surface area contributed by atoms with Crippen molar-refractivity contribution in [3.05, 3.63) is 65.1 Å². The van der Waals surface area contributed by atoms with E-state index < -0.39 is 0 Å². The Labute approximate surface area is 155 Å². The average molecular weight is 368 g/mol. The predicted octanol–water partition coefficient (Wildman–Crippen LogP) is 3.01. The van der Waals surface area contributed by atoms with Gasteiger partial charge in [0.15, 0.2) is 5.17 Å². The minimum absolute atomic E-state index is 0.204. The number of benzene rings is 1. The van der Waals surface area contributed by atoms with E-state index in [0.29, 0.717) is 41.9 Å². The number of hydrogen-bond acceptors (Lipinski definition) is 5. The molecule has 1 aromatic heterocycles. The van der Waals surface area contributed by atoms with Crippen molar-refractivity contribution in [1.29, 1.82) is 0 Å². The van der Waals surface area contributed by atoms with Crippen molar-refractivity contribution < 1.29 is 9.18 Å². The molecule has 0 unspecified atom stereocenters. The van der Waals surface area contributed by atoms with Crippen LogP contribution < -0.4 is 4.90 Å². The van der Waals surface area contributed by atoms with Crippen LogP contribution in [-0.2, 0) is 4.79 Å². The van der Waals surface area contributed by atoms with Crippen molar-refractivity contribution in [2.24, 2.45) is 4.99 Å². The number of piperazine rings is 1. The molecule has 0 spiro atoms. The molecule has 132 valence electrons. The molecule has 4 rings (SSSR count). The van der Waals surface area contributed by atoms with Crippen molar-refractivity contribution in [1.82, 2.24) is 9.88 Å². The van der Waals surface area contributed by atoms with E-state index in [0.717, 1.165) is 5.69 Å². The zero-order valence-corrected chi connectivity index (χ0v) is 14.8. The normalized spacial score (nSPS) is 19.2. The molecule has 7 heteroatoms. The lowest BCUT2D eigenvalue weighted by Gasteiger charge is -2.36. The van der Waals surface area contributed by atoms with Gasteiger partial charge in [-0.15, -0.1) is 0 Å². The van der Waals surface area contributed by atoms with Crippen LogP contribution in [0, 0.1) is 5.82 Å². The van der Waals surface area contributed by atoms with E-state index in [1.807, 2.05) is 29.2 Å². The van der Waals surface area contributed by atoms with Gasteiger partial charge < -0.3 is 9.80 Å². The van der Waals surface area contributed by atoms with Gasteiger partial charge in [0.1, 0.15) is 5.82 Å². The Hall–Kier alpha value is -2.67. The van der Waals surface area contributed by atoms with Gasteiger partial charge in [-0.3, -0.25) is 9.78 Å². The number of thioether (sulfide) groups is 1. The van der Waals surface area contributed by atoms with E-state index in [4.69, 9.17) is 0 Å². The smallest absolute Gasteiger partial charge is 0.286 e. The maximum Gasteiger partial charge on any atom is 0.286 e. The number of para-hydroxylation sites is 1. The van der Waals surface area contributed by atoms with Crippen molar-refractivity contribution >= 4 is 34.6 Å². The van der Waals surface area contributed by atoms with Gasteiger partial charge in [0, 0.05) is 32.4 Å². The lowest BCUT2D eigenvalue weighted by molar-refractivity contribution is -0.113. The second-order valence-electron chi connectivity index (χ2n) is 5.99. The van der Waals surface area contributed by atoms with Crippen LogP contribution in [0.15, 0.2) is 58.6 Å². The number of amidine groups is 1. The molecule has 1 saturated heterocycles. The number of rotatable bonds is 2. The average Bonchev–Trinajstić information content (AvgIpc) is 3.04. The number of halogens is 1. The zero-order chi connectivity index (χ0) is 17.9. The number of hydrogen-bond donors (Lipinski definition) is 0. The lowest BCUT2D eigenvalue weighted by Crippen LogP contribution is -2.48. The first-order valence-corrected chi connectivity index (χ1v) is 9.20. The standard InChI is InChI=1S/C19H17FN4OS/c20-15-6-1-2-7-16(15)23-9-11-24(12-10-23)19-22-18(25)17(26-19)13-14-5-3-4-8-21-14/h1-8,13H,9-12H2/b17-13+. The Bertz CT molecular complexity index is 876. The summed E-state index contributed by atoms with van der Waals surface area (Å²) in [6.45, 7) is 2.77. The first-order valence-electron chi connectivity index (χ1n) is 8.39. The van der Waals surface area contributed by atoms with Crippen LogP contribution in [-0.4, -0.2) is 47.1 Å². The molecular formula is C19H17FN4OS. The molecule has 0 bridgehead atoms. The molecule has 1 aromatic carbocycles. The van der Waals surface area contributed by atoms with Crippen LogP contribution in [0.25, 0.3) is 6.08 Å². The van der Waals surface area contributed by atoms with Crippen LogP contribution in [0.3, 0.4) is 0 Å². The maximum atomic E-state index is 13.9. The second kappa shape index (κ2) is 7.29. The Morgan fingerprint density at radius 1 is 1.00 bits per heavy atom. The summed E-state index contributed by atoms with van der Waals surface area (Å²) in [6, 6.07) is 12.4. The minimum Gasteiger partial charge on any atom is -0.366 e. The highest BCUT2D eigenvalue weighted by Gasteiger charge is 2.29. The van der Waals surface area contributed by atoms with Crippen LogP contribution in [0.1, 0.15) is 5.69 Å². The summed E-state index contributed by atoms with van der Waals surface area (Å²) in [7, 11) is 0. The maximum absolute atomic E-state index is 13.9. The first kappa shape index (κ1) is 16.8. The molecule has 2 aromatic rings. The van der Waals surface area contributed by atoms with E-state index in [1.165, 1.54) is 17.8 Å². The summed E-state index contributed by atoms with van der Waals surface area (Å²) in [5, 5.41) is 0.713. The molecule has 5 nitrogen and oxygen atoms in total. The quantitative estimate of drug-likeness (QED) is 0.763. The zero-order valence-electron chi connectivity index (χ0n) is 14.0.